The molecule has 0 saturated carbocycles. The van der Waals surface area contributed by atoms with E-state index < -0.39 is 0 Å². The topological polar surface area (TPSA) is 102 Å². The van der Waals surface area contributed by atoms with Gasteiger partial charge in [0.1, 0.15) is 5.82 Å². The number of H-pyrrole nitrogens is 1. The molecule has 26 heavy (non-hydrogen) atoms. The van der Waals surface area contributed by atoms with Crippen LogP contribution in [0.4, 0.5) is 29.0 Å². The molecule has 0 bridgehead atoms. The molecule has 127 valence electrons. The molecule has 1 radical (unpaired) electrons. The smallest absolute Gasteiger partial charge is 0.229 e. The van der Waals surface area contributed by atoms with Crippen LogP contribution in [0, 0.1) is 51.0 Å². The minimum atomic E-state index is 0. The van der Waals surface area contributed by atoms with E-state index in [0.717, 1.165) is 22.3 Å². The van der Waals surface area contributed by atoms with Gasteiger partial charge in [0.25, 0.3) is 0 Å². The molecule has 8 heteroatoms. The van der Waals surface area contributed by atoms with Crippen LogP contribution in [-0.2, 0) is 0 Å². The van der Waals surface area contributed by atoms with Crippen molar-refractivity contribution in [1.82, 2.24) is 20.2 Å². The Morgan fingerprint density at radius 3 is 2.46 bits per heavy atom. The molecule has 7 nitrogen and oxygen atoms in total. The van der Waals surface area contributed by atoms with Crippen LogP contribution >= 0.6 is 0 Å². The first-order chi connectivity index (χ1) is 12.2. The molecule has 0 unspecified atom stereocenters. The SMILES string of the molecule is Cc1cc(Nc2nc(Nc3ccc([NH-])cc3)nc3ccccc23)n[nH]1.[Ac]. The maximum absolute atomic E-state index is 7.56. The van der Waals surface area contributed by atoms with Crippen LogP contribution in [0.15, 0.2) is 54.6 Å². The number of fused-ring (bicyclic) bond motifs is 1. The van der Waals surface area contributed by atoms with Crippen molar-refractivity contribution in [2.75, 3.05) is 10.6 Å². The zero-order valence-corrected chi connectivity index (χ0v) is 18.9. The van der Waals surface area contributed by atoms with Gasteiger partial charge in [-0.15, -0.1) is 5.69 Å². The van der Waals surface area contributed by atoms with Crippen LogP contribution in [0.1, 0.15) is 5.69 Å². The molecule has 0 atom stereocenters. The number of aromatic nitrogens is 4. The number of hydrogen-bond acceptors (Lipinski definition) is 5. The van der Waals surface area contributed by atoms with Crippen LogP contribution in [0.3, 0.4) is 0 Å². The summed E-state index contributed by atoms with van der Waals surface area (Å²) in [6.45, 7) is 1.94. The molecule has 0 saturated heterocycles. The predicted molar refractivity (Wildman–Crippen MR) is 99.9 cm³/mol. The molecule has 0 aliphatic rings. The molecular formula is C18H16AcN7-. The number of anilines is 4. The molecule has 4 rings (SSSR count). The first-order valence-electron chi connectivity index (χ1n) is 7.82. The number of benzene rings is 2. The second-order valence-corrected chi connectivity index (χ2v) is 5.68. The molecule has 2 aromatic carbocycles. The fourth-order valence-electron chi connectivity index (χ4n) is 2.51. The van der Waals surface area contributed by atoms with Crippen molar-refractivity contribution in [3.05, 3.63) is 66.0 Å². The molecule has 0 aliphatic heterocycles. The van der Waals surface area contributed by atoms with Gasteiger partial charge in [0.05, 0.1) is 5.52 Å². The van der Waals surface area contributed by atoms with E-state index >= 15 is 0 Å². The van der Waals surface area contributed by atoms with Crippen molar-refractivity contribution in [2.24, 2.45) is 0 Å². The first-order valence-corrected chi connectivity index (χ1v) is 7.82. The summed E-state index contributed by atoms with van der Waals surface area (Å²) in [4.78, 5) is 9.15. The standard InChI is InChI=1S/C18H16N7.Ac/c1-11-10-16(25-24-11)22-17-14-4-2-3-5-15(14)21-18(23-17)20-13-8-6-12(19)7-9-13;/h2-10,19H,1H3,(H3,20,21,22,23,24,25);/q-1;. The molecule has 4 aromatic rings. The normalized spacial score (nSPS) is 10.3. The van der Waals surface area contributed by atoms with Gasteiger partial charge in [-0.05, 0) is 31.2 Å². The third-order valence-electron chi connectivity index (χ3n) is 3.70. The Morgan fingerprint density at radius 2 is 1.73 bits per heavy atom. The monoisotopic (exact) mass is 557 g/mol. The van der Waals surface area contributed by atoms with Gasteiger partial charge in [0, 0.05) is 66.9 Å². The number of rotatable bonds is 4. The van der Waals surface area contributed by atoms with Gasteiger partial charge in [0.2, 0.25) is 5.95 Å². The summed E-state index contributed by atoms with van der Waals surface area (Å²) < 4.78 is 0. The van der Waals surface area contributed by atoms with Crippen LogP contribution in [0.2, 0.25) is 0 Å². The first kappa shape index (κ1) is 18.6. The minimum Gasteiger partial charge on any atom is -0.699 e. The number of para-hydroxylation sites is 1. The van der Waals surface area contributed by atoms with Crippen molar-refractivity contribution < 1.29 is 44.1 Å². The van der Waals surface area contributed by atoms with Gasteiger partial charge in [-0.2, -0.15) is 10.1 Å². The van der Waals surface area contributed by atoms with E-state index in [2.05, 4.69) is 30.8 Å². The quantitative estimate of drug-likeness (QED) is 0.334. The molecule has 0 amide bonds. The van der Waals surface area contributed by atoms with Gasteiger partial charge in [-0.25, -0.2) is 4.98 Å². The van der Waals surface area contributed by atoms with Crippen LogP contribution in [0.25, 0.3) is 16.6 Å². The molecule has 0 spiro atoms. The summed E-state index contributed by atoms with van der Waals surface area (Å²) in [7, 11) is 0. The fraction of sp³-hybridized carbons (Fsp3) is 0.0556. The Morgan fingerprint density at radius 1 is 0.962 bits per heavy atom. The Kier molecular flexibility index (Phi) is 5.74. The summed E-state index contributed by atoms with van der Waals surface area (Å²) in [5.74, 6) is 1.86. The zero-order valence-electron chi connectivity index (χ0n) is 14.1. The predicted octanol–water partition coefficient (Wildman–Crippen LogP) is 4.83. The molecule has 2 heterocycles. The summed E-state index contributed by atoms with van der Waals surface area (Å²) in [6.07, 6.45) is 0. The third-order valence-corrected chi connectivity index (χ3v) is 3.70. The average Bonchev–Trinajstić information content (AvgIpc) is 3.02. The van der Waals surface area contributed by atoms with E-state index in [1.165, 1.54) is 0 Å². The van der Waals surface area contributed by atoms with Crippen LogP contribution in [-0.4, -0.2) is 20.2 Å². The minimum absolute atomic E-state index is 0. The second-order valence-electron chi connectivity index (χ2n) is 5.68. The van der Waals surface area contributed by atoms with Crippen molar-refractivity contribution in [3.63, 3.8) is 0 Å². The summed E-state index contributed by atoms with van der Waals surface area (Å²) in [6, 6.07) is 16.8. The van der Waals surface area contributed by atoms with Gasteiger partial charge >= 0.3 is 0 Å². The number of hydrogen-bond donors (Lipinski definition) is 3. The summed E-state index contributed by atoms with van der Waals surface area (Å²) in [5, 5.41) is 14.4. The van der Waals surface area contributed by atoms with Crippen molar-refractivity contribution in [2.45, 2.75) is 6.92 Å². The van der Waals surface area contributed by atoms with Gasteiger partial charge in [-0.3, -0.25) is 5.10 Å². The largest absolute Gasteiger partial charge is 0.699 e. The average molecular weight is 557 g/mol. The Bertz CT molecular complexity index is 1030. The van der Waals surface area contributed by atoms with E-state index in [4.69, 9.17) is 5.73 Å². The van der Waals surface area contributed by atoms with Gasteiger partial charge in [-0.1, -0.05) is 24.3 Å². The molecular weight excluding hydrogens is 541 g/mol. The second kappa shape index (κ2) is 8.02. The Labute approximate surface area is 186 Å². The van der Waals surface area contributed by atoms with E-state index in [9.17, 15) is 0 Å². The molecule has 0 aliphatic carbocycles. The third kappa shape index (κ3) is 4.14. The number of aryl methyl sites for hydroxylation is 1. The maximum atomic E-state index is 7.56. The molecule has 0 fully saturated rings. The van der Waals surface area contributed by atoms with E-state index in [0.29, 0.717) is 23.3 Å². The van der Waals surface area contributed by atoms with E-state index in [-0.39, 0.29) is 44.1 Å². The maximum Gasteiger partial charge on any atom is 0.229 e. The summed E-state index contributed by atoms with van der Waals surface area (Å²) in [5.41, 5.74) is 10.6. The number of nitrogens with one attached hydrogen (secondary N) is 4. The Hall–Kier alpha value is -2.17. The van der Waals surface area contributed by atoms with Crippen molar-refractivity contribution in [3.8, 4) is 0 Å². The number of aromatic amines is 1. The van der Waals surface area contributed by atoms with Crippen molar-refractivity contribution >= 4 is 39.9 Å². The number of nitrogens with zero attached hydrogens (tertiary/aromatic N) is 3. The zero-order chi connectivity index (χ0) is 17.2. The van der Waals surface area contributed by atoms with Crippen LogP contribution in [0.5, 0.6) is 0 Å². The van der Waals surface area contributed by atoms with E-state index in [1.54, 1.807) is 12.1 Å². The molecule has 4 N–H and O–H groups in total. The molecule has 2 aromatic heterocycles. The van der Waals surface area contributed by atoms with Crippen molar-refractivity contribution in [1.29, 1.82) is 0 Å². The summed E-state index contributed by atoms with van der Waals surface area (Å²) >= 11 is 0. The van der Waals surface area contributed by atoms with E-state index in [1.807, 2.05) is 49.4 Å². The fourth-order valence-corrected chi connectivity index (χ4v) is 2.51. The van der Waals surface area contributed by atoms with Gasteiger partial charge < -0.3 is 16.4 Å². The van der Waals surface area contributed by atoms with Crippen LogP contribution < -0.4 is 10.6 Å². The Balaban J connectivity index is 0.00000196. The van der Waals surface area contributed by atoms with Gasteiger partial charge in [0.15, 0.2) is 5.82 Å².